The number of furan rings is 1. The van der Waals surface area contributed by atoms with Gasteiger partial charge in [-0.3, -0.25) is 0 Å². The van der Waals surface area contributed by atoms with E-state index in [2.05, 4.69) is 201 Å². The molecule has 12 rings (SSSR count). The average Bonchev–Trinajstić information content (AvgIpc) is 3.91. The number of rotatable bonds is 7. The molecule has 5 heterocycles. The van der Waals surface area contributed by atoms with Gasteiger partial charge in [0.2, 0.25) is 5.69 Å². The summed E-state index contributed by atoms with van der Waals surface area (Å²) in [5, 5.41) is 3.94. The third-order valence-corrected chi connectivity index (χ3v) is 18.6. The Morgan fingerprint density at radius 2 is 1.41 bits per heavy atom. The number of aromatic nitrogens is 3. The Bertz CT molecular complexity index is 3470. The van der Waals surface area contributed by atoms with Crippen LogP contribution in [0.5, 0.6) is 0 Å². The van der Waals surface area contributed by atoms with E-state index >= 15 is 0 Å². The van der Waals surface area contributed by atoms with Gasteiger partial charge in [-0.1, -0.05) is 177 Å². The van der Waals surface area contributed by atoms with Gasteiger partial charge in [0, 0.05) is 44.6 Å². The van der Waals surface area contributed by atoms with Crippen LogP contribution in [0, 0.1) is 5.92 Å². The molecule has 352 valence electrons. The Labute approximate surface area is 416 Å². The first-order valence-electron chi connectivity index (χ1n) is 26.5. The lowest BCUT2D eigenvalue weighted by Crippen LogP contribution is -2.54. The third kappa shape index (κ3) is 7.45. The maximum Gasteiger partial charge on any atom is 0.304 e. The van der Waals surface area contributed by atoms with Gasteiger partial charge in [0.25, 0.3) is 0 Å². The molecule has 0 amide bonds. The van der Waals surface area contributed by atoms with Crippen molar-refractivity contribution in [1.29, 1.82) is 0 Å². The molecule has 2 atom stereocenters. The molecule has 0 spiro atoms. The van der Waals surface area contributed by atoms with Crippen molar-refractivity contribution in [2.24, 2.45) is 5.92 Å². The molecular formula is C65H69N3OSi+2. The van der Waals surface area contributed by atoms with Crippen LogP contribution in [0.15, 0.2) is 151 Å². The van der Waals surface area contributed by atoms with E-state index in [1.807, 2.05) is 0 Å². The fraction of sp³-hybridized carbons (Fsp3) is 0.323. The molecule has 4 nitrogen and oxygen atoms in total. The number of nitrogens with zero attached hydrogens (tertiary/aromatic N) is 3. The molecule has 2 aliphatic heterocycles. The number of fused-ring (bicyclic) bond motifs is 15. The standard InChI is InChI=1S/C65H69N3OSi/c1-41(2)54-37-47(45-23-13-10-14-24-45)38-55(42(3)4)63(54)68-57-29-19-18-28-56(57)67-43(5)35-58-51(33-31-46-32-34-53-52-27-17-20-30-60(52)69-64(53)62(46)65(67)68)49-25-15-16-26-50(49)59-39-48(36-44-21-11-9-12-22-44)61(40-66(58)59)70(6,7)8/h10,13-20,23-30,32,34,37-42,44,51,58H,5,9,11-12,21-22,31,33,35-36H2,1-4,6-8H3/q+2. The lowest BCUT2D eigenvalue weighted by Gasteiger charge is -2.33. The van der Waals surface area contributed by atoms with Crippen LogP contribution in [-0.4, -0.2) is 12.6 Å². The summed E-state index contributed by atoms with van der Waals surface area (Å²) in [4.78, 5) is 0. The molecule has 1 fully saturated rings. The molecule has 2 unspecified atom stereocenters. The normalized spacial score (nSPS) is 17.5. The summed E-state index contributed by atoms with van der Waals surface area (Å²) in [5.41, 5.74) is 20.1. The van der Waals surface area contributed by atoms with Crippen LogP contribution >= 0.6 is 0 Å². The maximum atomic E-state index is 7.19. The molecule has 1 saturated carbocycles. The first-order valence-corrected chi connectivity index (χ1v) is 30.0. The summed E-state index contributed by atoms with van der Waals surface area (Å²) in [6.45, 7) is 22.4. The van der Waals surface area contributed by atoms with Crippen molar-refractivity contribution in [3.8, 4) is 39.5 Å². The number of benzene rings is 6. The van der Waals surface area contributed by atoms with E-state index < -0.39 is 8.07 Å². The van der Waals surface area contributed by atoms with Crippen LogP contribution in [0.1, 0.15) is 124 Å². The topological polar surface area (TPSA) is 25.8 Å². The smallest absolute Gasteiger partial charge is 0.304 e. The lowest BCUT2D eigenvalue weighted by atomic mass is 9.77. The van der Waals surface area contributed by atoms with Crippen LogP contribution in [0.3, 0.4) is 0 Å². The van der Waals surface area contributed by atoms with E-state index in [1.54, 1.807) is 10.8 Å². The van der Waals surface area contributed by atoms with Crippen molar-refractivity contribution in [2.75, 3.05) is 0 Å². The molecular weight excluding hydrogens is 867 g/mol. The minimum absolute atomic E-state index is 0.179. The fourth-order valence-corrected chi connectivity index (χ4v) is 14.8. The van der Waals surface area contributed by atoms with Gasteiger partial charge in [-0.25, -0.2) is 0 Å². The zero-order chi connectivity index (χ0) is 48.0. The maximum absolute atomic E-state index is 7.19. The van der Waals surface area contributed by atoms with Crippen molar-refractivity contribution in [3.05, 3.63) is 174 Å². The van der Waals surface area contributed by atoms with Gasteiger partial charge in [0.1, 0.15) is 22.5 Å². The number of aryl methyl sites for hydroxylation is 1. The second kappa shape index (κ2) is 17.5. The van der Waals surface area contributed by atoms with E-state index in [1.165, 1.54) is 105 Å². The van der Waals surface area contributed by atoms with Crippen LogP contribution < -0.4 is 14.3 Å². The van der Waals surface area contributed by atoms with Crippen LogP contribution in [-0.2, 0) is 12.8 Å². The van der Waals surface area contributed by atoms with Crippen molar-refractivity contribution in [1.82, 2.24) is 4.57 Å². The van der Waals surface area contributed by atoms with Gasteiger partial charge in [-0.15, -0.1) is 0 Å². The Kier molecular flexibility index (Phi) is 11.2. The molecule has 3 aromatic heterocycles. The zero-order valence-electron chi connectivity index (χ0n) is 42.5. The van der Waals surface area contributed by atoms with Crippen molar-refractivity contribution in [3.63, 3.8) is 0 Å². The van der Waals surface area contributed by atoms with E-state index in [9.17, 15) is 0 Å². The van der Waals surface area contributed by atoms with Crippen LogP contribution in [0.25, 0.3) is 78.1 Å². The second-order valence-electron chi connectivity index (χ2n) is 22.8. The van der Waals surface area contributed by atoms with E-state index in [0.29, 0.717) is 0 Å². The summed E-state index contributed by atoms with van der Waals surface area (Å²) in [7, 11) is -1.76. The molecule has 1 aliphatic carbocycles. The Balaban J connectivity index is 1.15. The quantitative estimate of drug-likeness (QED) is 0.115. The largest absolute Gasteiger partial charge is 0.455 e. The molecule has 70 heavy (non-hydrogen) atoms. The van der Waals surface area contributed by atoms with Crippen molar-refractivity contribution >= 4 is 51.9 Å². The molecule has 9 aromatic rings. The molecule has 0 bridgehead atoms. The summed E-state index contributed by atoms with van der Waals surface area (Å²) in [6, 6.07) is 50.7. The molecule has 0 saturated heterocycles. The predicted octanol–water partition coefficient (Wildman–Crippen LogP) is 16.2. The highest BCUT2D eigenvalue weighted by Gasteiger charge is 2.45. The number of allylic oxidation sites excluding steroid dienone is 1. The Hall–Kier alpha value is -6.30. The van der Waals surface area contributed by atoms with Gasteiger partial charge in [0.15, 0.2) is 28.9 Å². The minimum Gasteiger partial charge on any atom is -0.455 e. The lowest BCUT2D eigenvalue weighted by molar-refractivity contribution is -0.719. The SMILES string of the molecule is C=C1CC2C(CCc3ccc4c(oc5ccccc54)c3-c3n(-c4c(C(C)C)cc(-c5ccccc5)cc4C(C)C)c4ccccc4[n+]31)c1ccccc1-c1cc(CC3CCCCC3)c([Si](C)(C)C)c[n+]12. The molecule has 3 aliphatic rings. The average molecular weight is 936 g/mol. The molecule has 5 heteroatoms. The predicted molar refractivity (Wildman–Crippen MR) is 295 cm³/mol. The van der Waals surface area contributed by atoms with Gasteiger partial charge >= 0.3 is 5.82 Å². The summed E-state index contributed by atoms with van der Waals surface area (Å²) in [6.07, 6.45) is 13.5. The number of imidazole rings is 1. The second-order valence-corrected chi connectivity index (χ2v) is 27.8. The Morgan fingerprint density at radius 3 is 2.17 bits per heavy atom. The van der Waals surface area contributed by atoms with Crippen LogP contribution in [0.4, 0.5) is 0 Å². The van der Waals surface area contributed by atoms with Crippen LogP contribution in [0.2, 0.25) is 19.6 Å². The first kappa shape index (κ1) is 44.9. The highest BCUT2D eigenvalue weighted by molar-refractivity contribution is 6.89. The van der Waals surface area contributed by atoms with Gasteiger partial charge in [-0.05, 0) is 101 Å². The van der Waals surface area contributed by atoms with E-state index in [0.717, 1.165) is 58.6 Å². The van der Waals surface area contributed by atoms with E-state index in [-0.39, 0.29) is 23.8 Å². The van der Waals surface area contributed by atoms with Crippen molar-refractivity contribution < 1.29 is 13.6 Å². The number of hydrogen-bond donors (Lipinski definition) is 0. The fourth-order valence-electron chi connectivity index (χ4n) is 13.2. The van der Waals surface area contributed by atoms with Gasteiger partial charge in [0.05, 0.1) is 14.5 Å². The minimum atomic E-state index is -1.76. The Morgan fingerprint density at radius 1 is 0.714 bits per heavy atom. The first-order chi connectivity index (χ1) is 33.9. The number of hydrogen-bond acceptors (Lipinski definition) is 1. The van der Waals surface area contributed by atoms with E-state index in [4.69, 9.17) is 11.0 Å². The monoisotopic (exact) mass is 936 g/mol. The summed E-state index contributed by atoms with van der Waals surface area (Å²) < 4.78 is 15.2. The number of para-hydroxylation sites is 3. The van der Waals surface area contributed by atoms with Crippen molar-refractivity contribution in [2.45, 2.75) is 129 Å². The highest BCUT2D eigenvalue weighted by atomic mass is 28.3. The van der Waals surface area contributed by atoms with Gasteiger partial charge < -0.3 is 4.42 Å². The zero-order valence-corrected chi connectivity index (χ0v) is 43.5. The molecule has 6 aromatic carbocycles. The molecule has 0 N–H and O–H groups in total. The summed E-state index contributed by atoms with van der Waals surface area (Å²) >= 11 is 0. The van der Waals surface area contributed by atoms with Gasteiger partial charge in [-0.2, -0.15) is 13.7 Å². The summed E-state index contributed by atoms with van der Waals surface area (Å²) in [5.74, 6) is 2.69. The number of pyridine rings is 1. The highest BCUT2D eigenvalue weighted by Crippen LogP contribution is 2.48. The third-order valence-electron chi connectivity index (χ3n) is 16.6. The molecule has 0 radical (unpaired) electrons.